The second-order valence-corrected chi connectivity index (χ2v) is 4.76. The van der Waals surface area contributed by atoms with Gasteiger partial charge >= 0.3 is 5.97 Å². The normalized spacial score (nSPS) is 12.0. The highest BCUT2D eigenvalue weighted by molar-refractivity contribution is 5.70. The van der Waals surface area contributed by atoms with E-state index in [0.717, 1.165) is 29.9 Å². The number of hydrogen-bond donors (Lipinski definition) is 1. The Hall–Kier alpha value is -1.58. The van der Waals surface area contributed by atoms with E-state index >= 15 is 0 Å². The van der Waals surface area contributed by atoms with Crippen molar-refractivity contribution in [2.45, 2.75) is 53.0 Å². The first-order valence-electron chi connectivity index (χ1n) is 6.93. The summed E-state index contributed by atoms with van der Waals surface area (Å²) in [6.45, 7) is 8.34. The van der Waals surface area contributed by atoms with Gasteiger partial charge in [-0.05, 0) is 38.8 Å². The number of pyridine rings is 1. The zero-order valence-corrected chi connectivity index (χ0v) is 12.3. The topological polar surface area (TPSA) is 51.2 Å². The average molecular weight is 264 g/mol. The van der Waals surface area contributed by atoms with Crippen molar-refractivity contribution in [1.82, 2.24) is 4.98 Å². The number of nitrogens with one attached hydrogen (secondary N) is 1. The monoisotopic (exact) mass is 264 g/mol. The van der Waals surface area contributed by atoms with Crippen molar-refractivity contribution in [3.8, 4) is 0 Å². The van der Waals surface area contributed by atoms with Crippen LogP contribution in [0.1, 0.15) is 44.4 Å². The van der Waals surface area contributed by atoms with E-state index in [1.54, 1.807) is 0 Å². The van der Waals surface area contributed by atoms with Gasteiger partial charge < -0.3 is 10.1 Å². The summed E-state index contributed by atoms with van der Waals surface area (Å²) in [5.41, 5.74) is 2.06. The lowest BCUT2D eigenvalue weighted by atomic mass is 10.1. The molecule has 0 saturated heterocycles. The fourth-order valence-electron chi connectivity index (χ4n) is 1.96. The van der Waals surface area contributed by atoms with Gasteiger partial charge in [0.1, 0.15) is 5.82 Å². The molecule has 0 spiro atoms. The summed E-state index contributed by atoms with van der Waals surface area (Å²) in [5.74, 6) is 0.710. The first kappa shape index (κ1) is 15.5. The molecule has 1 aromatic rings. The highest BCUT2D eigenvalue weighted by Gasteiger charge is 2.15. The smallest absolute Gasteiger partial charge is 0.307 e. The zero-order valence-electron chi connectivity index (χ0n) is 12.3. The van der Waals surface area contributed by atoms with Gasteiger partial charge in [0.2, 0.25) is 0 Å². The molecule has 0 amide bonds. The number of ether oxygens (including phenoxy) is 1. The molecule has 0 aliphatic carbocycles. The summed E-state index contributed by atoms with van der Waals surface area (Å²) in [6.07, 6.45) is 2.33. The van der Waals surface area contributed by atoms with Gasteiger partial charge in [0.05, 0.1) is 13.0 Å². The summed E-state index contributed by atoms with van der Waals surface area (Å²) in [6, 6.07) is 4.11. The molecular formula is C15H24N2O2. The van der Waals surface area contributed by atoms with Gasteiger partial charge in [0, 0.05) is 11.7 Å². The van der Waals surface area contributed by atoms with Crippen molar-refractivity contribution in [3.63, 3.8) is 0 Å². The molecule has 0 fully saturated rings. The molecular weight excluding hydrogens is 240 g/mol. The van der Waals surface area contributed by atoms with E-state index in [1.807, 2.05) is 32.9 Å². The van der Waals surface area contributed by atoms with E-state index in [2.05, 4.69) is 17.2 Å². The number of hydrogen-bond acceptors (Lipinski definition) is 4. The number of rotatable bonds is 7. The Kier molecular flexibility index (Phi) is 6.33. The van der Waals surface area contributed by atoms with E-state index < -0.39 is 0 Å². The van der Waals surface area contributed by atoms with Crippen molar-refractivity contribution < 1.29 is 9.53 Å². The lowest BCUT2D eigenvalue weighted by molar-refractivity contribution is -0.143. The summed E-state index contributed by atoms with van der Waals surface area (Å²) in [5, 5.41) is 3.37. The Bertz CT molecular complexity index is 419. The lowest BCUT2D eigenvalue weighted by Gasteiger charge is -2.19. The summed E-state index contributed by atoms with van der Waals surface area (Å²) in [7, 11) is 0. The molecule has 0 saturated carbocycles. The minimum Gasteiger partial charge on any atom is -0.466 e. The average Bonchev–Trinajstić information content (AvgIpc) is 2.34. The quantitative estimate of drug-likeness (QED) is 0.768. The molecule has 0 radical (unpaired) electrons. The second kappa shape index (κ2) is 7.77. The molecule has 1 heterocycles. The Labute approximate surface area is 115 Å². The van der Waals surface area contributed by atoms with Crippen molar-refractivity contribution in [3.05, 3.63) is 23.4 Å². The molecule has 1 atom stereocenters. The number of anilines is 1. The molecule has 19 heavy (non-hydrogen) atoms. The molecule has 0 bridgehead atoms. The Morgan fingerprint density at radius 1 is 1.37 bits per heavy atom. The molecule has 1 N–H and O–H groups in total. The molecule has 0 unspecified atom stereocenters. The van der Waals surface area contributed by atoms with Crippen molar-refractivity contribution in [2.75, 3.05) is 11.9 Å². The predicted octanol–water partition coefficient (Wildman–Crippen LogP) is 3.23. The van der Waals surface area contributed by atoms with Crippen molar-refractivity contribution in [2.24, 2.45) is 0 Å². The van der Waals surface area contributed by atoms with Crippen LogP contribution in [-0.2, 0) is 9.53 Å². The summed E-state index contributed by atoms with van der Waals surface area (Å²) < 4.78 is 5.01. The van der Waals surface area contributed by atoms with E-state index in [9.17, 15) is 4.79 Å². The van der Waals surface area contributed by atoms with E-state index in [1.165, 1.54) is 0 Å². The number of carbonyl (C=O) groups is 1. The third-order valence-corrected chi connectivity index (χ3v) is 2.93. The fraction of sp³-hybridized carbons (Fsp3) is 0.600. The van der Waals surface area contributed by atoms with Gasteiger partial charge in [0.15, 0.2) is 0 Å². The summed E-state index contributed by atoms with van der Waals surface area (Å²) in [4.78, 5) is 16.1. The first-order valence-corrected chi connectivity index (χ1v) is 6.93. The molecule has 4 heteroatoms. The summed E-state index contributed by atoms with van der Waals surface area (Å²) >= 11 is 0. The third-order valence-electron chi connectivity index (χ3n) is 2.93. The maximum Gasteiger partial charge on any atom is 0.307 e. The van der Waals surface area contributed by atoms with Crippen LogP contribution in [0.15, 0.2) is 12.1 Å². The van der Waals surface area contributed by atoms with Crippen LogP contribution in [0.25, 0.3) is 0 Å². The van der Waals surface area contributed by atoms with Crippen LogP contribution in [0, 0.1) is 13.8 Å². The third kappa shape index (κ3) is 5.28. The van der Waals surface area contributed by atoms with E-state index in [-0.39, 0.29) is 12.0 Å². The molecule has 0 aromatic carbocycles. The Morgan fingerprint density at radius 3 is 2.74 bits per heavy atom. The molecule has 1 aromatic heterocycles. The van der Waals surface area contributed by atoms with Crippen LogP contribution < -0.4 is 5.32 Å². The number of carbonyl (C=O) groups excluding carboxylic acids is 1. The Morgan fingerprint density at radius 2 is 2.11 bits per heavy atom. The van der Waals surface area contributed by atoms with Gasteiger partial charge in [0.25, 0.3) is 0 Å². The van der Waals surface area contributed by atoms with Gasteiger partial charge in [-0.25, -0.2) is 4.98 Å². The lowest BCUT2D eigenvalue weighted by Crippen LogP contribution is -2.25. The molecule has 106 valence electrons. The maximum atomic E-state index is 11.6. The minimum atomic E-state index is -0.154. The maximum absolute atomic E-state index is 11.6. The number of nitrogens with zero attached hydrogens (tertiary/aromatic N) is 1. The second-order valence-electron chi connectivity index (χ2n) is 4.76. The standard InChI is InChI=1S/C15H24N2O2/c1-5-7-13(10-14(18)19-6-2)17-15-11(3)8-9-12(4)16-15/h8-9,13H,5-7,10H2,1-4H3,(H,16,17)/t13-/m0/s1. The predicted molar refractivity (Wildman–Crippen MR) is 77.3 cm³/mol. The van der Waals surface area contributed by atoms with Crippen LogP contribution in [0.4, 0.5) is 5.82 Å². The Balaban J connectivity index is 2.71. The van der Waals surface area contributed by atoms with Crippen LogP contribution in [0.2, 0.25) is 0 Å². The fourth-order valence-corrected chi connectivity index (χ4v) is 1.96. The zero-order chi connectivity index (χ0) is 14.3. The van der Waals surface area contributed by atoms with Crippen molar-refractivity contribution in [1.29, 1.82) is 0 Å². The van der Waals surface area contributed by atoms with Crippen LogP contribution in [-0.4, -0.2) is 23.6 Å². The van der Waals surface area contributed by atoms with Gasteiger partial charge in [-0.2, -0.15) is 0 Å². The van der Waals surface area contributed by atoms with Crippen LogP contribution >= 0.6 is 0 Å². The SMILES string of the molecule is CCC[C@@H](CC(=O)OCC)Nc1nc(C)ccc1C. The highest BCUT2D eigenvalue weighted by atomic mass is 16.5. The minimum absolute atomic E-state index is 0.0806. The van der Waals surface area contributed by atoms with E-state index in [4.69, 9.17) is 4.74 Å². The first-order chi connectivity index (χ1) is 9.06. The van der Waals surface area contributed by atoms with E-state index in [0.29, 0.717) is 13.0 Å². The molecule has 0 aliphatic heterocycles. The van der Waals surface area contributed by atoms with Crippen molar-refractivity contribution >= 4 is 11.8 Å². The van der Waals surface area contributed by atoms with Gasteiger partial charge in [-0.3, -0.25) is 4.79 Å². The molecule has 1 rings (SSSR count). The van der Waals surface area contributed by atoms with Crippen LogP contribution in [0.5, 0.6) is 0 Å². The highest BCUT2D eigenvalue weighted by Crippen LogP contribution is 2.16. The number of esters is 1. The van der Waals surface area contributed by atoms with Crippen LogP contribution in [0.3, 0.4) is 0 Å². The number of aryl methyl sites for hydroxylation is 2. The molecule has 4 nitrogen and oxygen atoms in total. The number of aromatic nitrogens is 1. The largest absolute Gasteiger partial charge is 0.466 e. The van der Waals surface area contributed by atoms with Gasteiger partial charge in [-0.15, -0.1) is 0 Å². The van der Waals surface area contributed by atoms with Gasteiger partial charge in [-0.1, -0.05) is 19.4 Å². The molecule has 0 aliphatic rings.